The average Bonchev–Trinajstić information content (AvgIpc) is 2.87. The molecule has 0 saturated carbocycles. The molecule has 1 atom stereocenters. The van der Waals surface area contributed by atoms with E-state index in [-0.39, 0.29) is 11.7 Å². The lowest BCUT2D eigenvalue weighted by molar-refractivity contribution is -0.135. The maximum Gasteiger partial charge on any atom is 0.352 e. The molecule has 1 unspecified atom stereocenters. The van der Waals surface area contributed by atoms with E-state index in [0.29, 0.717) is 5.82 Å². The van der Waals surface area contributed by atoms with Crippen LogP contribution < -0.4 is 10.2 Å². The lowest BCUT2D eigenvalue weighted by Crippen LogP contribution is -2.44. The fourth-order valence-electron chi connectivity index (χ4n) is 2.67. The summed E-state index contributed by atoms with van der Waals surface area (Å²) < 4.78 is 4.74. The molecule has 1 heterocycles. The standard InChI is InChI=1S/C16H20N4O2/c1-5-14(19(2)3)20-13-9-7-6-8-12(13)18-15(20)11(10-17)16(21)22-4/h6-9,14,18H,5H2,1-4H3. The Morgan fingerprint density at radius 3 is 2.68 bits per heavy atom. The minimum Gasteiger partial charge on any atom is -0.465 e. The molecule has 1 aromatic rings. The lowest BCUT2D eigenvalue weighted by atomic mass is 10.2. The van der Waals surface area contributed by atoms with Gasteiger partial charge in [0.15, 0.2) is 5.57 Å². The van der Waals surface area contributed by atoms with E-state index in [1.807, 2.05) is 49.3 Å². The molecular formula is C16H20N4O2. The first-order valence-corrected chi connectivity index (χ1v) is 7.09. The van der Waals surface area contributed by atoms with E-state index in [9.17, 15) is 10.1 Å². The molecule has 0 bridgehead atoms. The van der Waals surface area contributed by atoms with Crippen LogP contribution in [0.25, 0.3) is 0 Å². The summed E-state index contributed by atoms with van der Waals surface area (Å²) in [5.41, 5.74) is 1.78. The smallest absolute Gasteiger partial charge is 0.352 e. The van der Waals surface area contributed by atoms with Crippen molar-refractivity contribution in [2.45, 2.75) is 19.5 Å². The Hall–Kier alpha value is -2.52. The topological polar surface area (TPSA) is 68.6 Å². The van der Waals surface area contributed by atoms with Crippen molar-refractivity contribution >= 4 is 17.3 Å². The Balaban J connectivity index is 2.62. The van der Waals surface area contributed by atoms with Gasteiger partial charge in [0, 0.05) is 0 Å². The molecular weight excluding hydrogens is 280 g/mol. The first-order chi connectivity index (χ1) is 10.5. The summed E-state index contributed by atoms with van der Waals surface area (Å²) in [7, 11) is 5.21. The number of para-hydroxylation sites is 2. The molecule has 0 aromatic heterocycles. The third kappa shape index (κ3) is 2.63. The molecule has 0 radical (unpaired) electrons. The molecule has 0 saturated heterocycles. The Morgan fingerprint density at radius 2 is 2.14 bits per heavy atom. The first-order valence-electron chi connectivity index (χ1n) is 7.09. The molecule has 0 aliphatic carbocycles. The van der Waals surface area contributed by atoms with E-state index in [2.05, 4.69) is 17.1 Å². The van der Waals surface area contributed by atoms with Crippen molar-refractivity contribution < 1.29 is 9.53 Å². The minimum atomic E-state index is -0.642. The summed E-state index contributed by atoms with van der Waals surface area (Å²) in [6, 6.07) is 9.69. The van der Waals surface area contributed by atoms with Crippen LogP contribution in [0.15, 0.2) is 35.7 Å². The summed E-state index contributed by atoms with van der Waals surface area (Å²) in [6.07, 6.45) is 0.839. The van der Waals surface area contributed by atoms with Crippen molar-refractivity contribution in [1.29, 1.82) is 5.26 Å². The molecule has 2 rings (SSSR count). The van der Waals surface area contributed by atoms with Gasteiger partial charge in [-0.15, -0.1) is 0 Å². The zero-order valence-electron chi connectivity index (χ0n) is 13.3. The first kappa shape index (κ1) is 15.9. The van der Waals surface area contributed by atoms with Gasteiger partial charge in [-0.05, 0) is 32.6 Å². The molecule has 1 aromatic carbocycles. The van der Waals surface area contributed by atoms with Crippen LogP contribution in [0.4, 0.5) is 11.4 Å². The number of nitriles is 1. The lowest BCUT2D eigenvalue weighted by Gasteiger charge is -2.34. The van der Waals surface area contributed by atoms with Crippen LogP contribution in [0.1, 0.15) is 13.3 Å². The number of nitrogens with one attached hydrogen (secondary N) is 1. The largest absolute Gasteiger partial charge is 0.465 e. The highest BCUT2D eigenvalue weighted by atomic mass is 16.5. The van der Waals surface area contributed by atoms with Crippen LogP contribution in [0.3, 0.4) is 0 Å². The van der Waals surface area contributed by atoms with Gasteiger partial charge >= 0.3 is 5.97 Å². The number of fused-ring (bicyclic) bond motifs is 1. The monoisotopic (exact) mass is 300 g/mol. The zero-order chi connectivity index (χ0) is 16.3. The van der Waals surface area contributed by atoms with Crippen LogP contribution in [0, 0.1) is 11.3 Å². The van der Waals surface area contributed by atoms with Crippen molar-refractivity contribution in [3.8, 4) is 6.07 Å². The third-order valence-corrected chi connectivity index (χ3v) is 3.65. The highest BCUT2D eigenvalue weighted by Crippen LogP contribution is 2.39. The highest BCUT2D eigenvalue weighted by Gasteiger charge is 2.34. The SMILES string of the molecule is CCC(N(C)C)N1C(=C(C#N)C(=O)OC)Nc2ccccc21. The number of hydrogen-bond donors (Lipinski definition) is 1. The number of hydrogen-bond acceptors (Lipinski definition) is 6. The number of anilines is 2. The molecule has 0 fully saturated rings. The van der Waals surface area contributed by atoms with Crippen molar-refractivity contribution in [3.05, 3.63) is 35.7 Å². The van der Waals surface area contributed by atoms with Gasteiger partial charge in [0.05, 0.1) is 24.7 Å². The molecule has 0 spiro atoms. The van der Waals surface area contributed by atoms with Crippen molar-refractivity contribution in [2.75, 3.05) is 31.4 Å². The quantitative estimate of drug-likeness (QED) is 0.522. The molecule has 6 heteroatoms. The second-order valence-corrected chi connectivity index (χ2v) is 5.19. The Kier molecular flexibility index (Phi) is 4.68. The molecule has 116 valence electrons. The molecule has 1 aliphatic rings. The number of rotatable bonds is 4. The third-order valence-electron chi connectivity index (χ3n) is 3.65. The summed E-state index contributed by atoms with van der Waals surface area (Å²) in [4.78, 5) is 16.0. The number of benzene rings is 1. The normalized spacial score (nSPS) is 16.6. The predicted molar refractivity (Wildman–Crippen MR) is 85.0 cm³/mol. The summed E-state index contributed by atoms with van der Waals surface area (Å²) in [5, 5.41) is 12.6. The van der Waals surface area contributed by atoms with E-state index < -0.39 is 5.97 Å². The molecule has 1 aliphatic heterocycles. The summed E-state index contributed by atoms with van der Waals surface area (Å²) >= 11 is 0. The van der Waals surface area contributed by atoms with E-state index >= 15 is 0 Å². The minimum absolute atomic E-state index is 0.0131. The number of carbonyl (C=O) groups is 1. The highest BCUT2D eigenvalue weighted by molar-refractivity contribution is 5.97. The van der Waals surface area contributed by atoms with Gasteiger partial charge in [0.25, 0.3) is 0 Å². The van der Waals surface area contributed by atoms with Crippen LogP contribution in [-0.2, 0) is 9.53 Å². The van der Waals surface area contributed by atoms with E-state index in [0.717, 1.165) is 17.8 Å². The van der Waals surface area contributed by atoms with Gasteiger partial charge in [-0.1, -0.05) is 19.1 Å². The predicted octanol–water partition coefficient (Wildman–Crippen LogP) is 2.12. The maximum atomic E-state index is 11.9. The number of nitrogens with zero attached hydrogens (tertiary/aromatic N) is 3. The average molecular weight is 300 g/mol. The van der Waals surface area contributed by atoms with E-state index in [1.165, 1.54) is 7.11 Å². The number of methoxy groups -OCH3 is 1. The molecule has 22 heavy (non-hydrogen) atoms. The number of carbonyl (C=O) groups excluding carboxylic acids is 1. The summed E-state index contributed by atoms with van der Waals surface area (Å²) in [5.74, 6) is -0.174. The van der Waals surface area contributed by atoms with Crippen LogP contribution in [-0.4, -0.2) is 38.2 Å². The molecule has 6 nitrogen and oxygen atoms in total. The van der Waals surface area contributed by atoms with Gasteiger partial charge in [-0.2, -0.15) is 5.26 Å². The van der Waals surface area contributed by atoms with Gasteiger partial charge in [0.1, 0.15) is 11.9 Å². The van der Waals surface area contributed by atoms with Crippen molar-refractivity contribution in [3.63, 3.8) is 0 Å². The van der Waals surface area contributed by atoms with Gasteiger partial charge in [-0.25, -0.2) is 4.79 Å². The second-order valence-electron chi connectivity index (χ2n) is 5.19. The fourth-order valence-corrected chi connectivity index (χ4v) is 2.67. The fraction of sp³-hybridized carbons (Fsp3) is 0.375. The Labute approximate surface area is 130 Å². The Bertz CT molecular complexity index is 646. The molecule has 0 amide bonds. The van der Waals surface area contributed by atoms with Crippen LogP contribution >= 0.6 is 0 Å². The summed E-state index contributed by atoms with van der Waals surface area (Å²) in [6.45, 7) is 2.06. The zero-order valence-corrected chi connectivity index (χ0v) is 13.3. The molecule has 1 N–H and O–H groups in total. The van der Waals surface area contributed by atoms with Crippen molar-refractivity contribution in [2.24, 2.45) is 0 Å². The second kappa shape index (κ2) is 6.50. The Morgan fingerprint density at radius 1 is 1.45 bits per heavy atom. The maximum absolute atomic E-state index is 11.9. The van der Waals surface area contributed by atoms with Crippen LogP contribution in [0.5, 0.6) is 0 Å². The van der Waals surface area contributed by atoms with Gasteiger partial charge < -0.3 is 15.0 Å². The van der Waals surface area contributed by atoms with Gasteiger partial charge in [0.2, 0.25) is 0 Å². The van der Waals surface area contributed by atoms with Gasteiger partial charge in [-0.3, -0.25) is 4.90 Å². The van der Waals surface area contributed by atoms with Crippen molar-refractivity contribution in [1.82, 2.24) is 4.90 Å². The van der Waals surface area contributed by atoms with E-state index in [1.54, 1.807) is 0 Å². The van der Waals surface area contributed by atoms with E-state index in [4.69, 9.17) is 4.74 Å². The number of esters is 1. The van der Waals surface area contributed by atoms with Crippen LogP contribution in [0.2, 0.25) is 0 Å². The number of ether oxygens (including phenoxy) is 1.